The molecule has 8 heteroatoms. The molecule has 4 rings (SSSR count). The number of nitrogens with zero attached hydrogens (tertiary/aromatic N) is 2. The minimum absolute atomic E-state index is 0.0315. The van der Waals surface area contributed by atoms with Gasteiger partial charge in [0.25, 0.3) is 5.91 Å². The minimum Gasteiger partial charge on any atom is -0.356 e. The van der Waals surface area contributed by atoms with Gasteiger partial charge in [0.15, 0.2) is 0 Å². The van der Waals surface area contributed by atoms with E-state index >= 15 is 0 Å². The number of fused-ring (bicyclic) bond motifs is 1. The van der Waals surface area contributed by atoms with Gasteiger partial charge in [-0.15, -0.1) is 11.3 Å². The molecule has 0 aliphatic carbocycles. The van der Waals surface area contributed by atoms with Gasteiger partial charge in [0.05, 0.1) is 6.04 Å². The first-order chi connectivity index (χ1) is 14.1. The number of hydrazine groups is 1. The van der Waals surface area contributed by atoms with E-state index in [1.165, 1.54) is 17.0 Å². The molecule has 2 aliphatic rings. The van der Waals surface area contributed by atoms with E-state index in [1.54, 1.807) is 39.6 Å². The Balaban J connectivity index is 1.25. The second-order valence-corrected chi connectivity index (χ2v) is 8.18. The van der Waals surface area contributed by atoms with E-state index < -0.39 is 0 Å². The lowest BCUT2D eigenvalue weighted by molar-refractivity contribution is -0.134. The molecule has 2 unspecified atom stereocenters. The SMILES string of the molecule is O=C(CCN1C=CN2NC(c3ccc(F)cc3)CC2C1=O)NCCc1cccs1. The van der Waals surface area contributed by atoms with Crippen molar-refractivity contribution in [2.75, 3.05) is 13.1 Å². The maximum atomic E-state index is 13.1. The van der Waals surface area contributed by atoms with E-state index in [4.69, 9.17) is 0 Å². The largest absolute Gasteiger partial charge is 0.356 e. The zero-order valence-corrected chi connectivity index (χ0v) is 16.7. The summed E-state index contributed by atoms with van der Waals surface area (Å²) in [4.78, 5) is 27.8. The van der Waals surface area contributed by atoms with Crippen molar-refractivity contribution in [1.29, 1.82) is 0 Å². The quantitative estimate of drug-likeness (QED) is 0.731. The number of benzene rings is 1. The van der Waals surface area contributed by atoms with Crippen molar-refractivity contribution in [2.45, 2.75) is 31.3 Å². The average Bonchev–Trinajstić information content (AvgIpc) is 3.38. The van der Waals surface area contributed by atoms with Crippen molar-refractivity contribution >= 4 is 23.2 Å². The van der Waals surface area contributed by atoms with Gasteiger partial charge in [0.1, 0.15) is 11.9 Å². The van der Waals surface area contributed by atoms with Crippen LogP contribution in [0.2, 0.25) is 0 Å². The molecule has 0 saturated carbocycles. The van der Waals surface area contributed by atoms with Crippen molar-refractivity contribution < 1.29 is 14.0 Å². The Morgan fingerprint density at radius 1 is 1.24 bits per heavy atom. The van der Waals surface area contributed by atoms with Gasteiger partial charge in [0.2, 0.25) is 5.91 Å². The zero-order chi connectivity index (χ0) is 20.2. The Morgan fingerprint density at radius 3 is 2.83 bits per heavy atom. The van der Waals surface area contributed by atoms with Gasteiger partial charge in [-0.1, -0.05) is 18.2 Å². The highest BCUT2D eigenvalue weighted by molar-refractivity contribution is 7.09. The highest BCUT2D eigenvalue weighted by Gasteiger charge is 2.39. The highest BCUT2D eigenvalue weighted by Crippen LogP contribution is 2.30. The molecule has 0 spiro atoms. The molecule has 3 heterocycles. The van der Waals surface area contributed by atoms with Crippen LogP contribution in [0.15, 0.2) is 54.2 Å². The van der Waals surface area contributed by atoms with Crippen LogP contribution in [-0.4, -0.2) is 40.9 Å². The Morgan fingerprint density at radius 2 is 2.07 bits per heavy atom. The van der Waals surface area contributed by atoms with E-state index in [9.17, 15) is 14.0 Å². The second kappa shape index (κ2) is 8.75. The highest BCUT2D eigenvalue weighted by atomic mass is 32.1. The minimum atomic E-state index is -0.322. The molecule has 1 aromatic heterocycles. The summed E-state index contributed by atoms with van der Waals surface area (Å²) in [5.41, 5.74) is 4.23. The van der Waals surface area contributed by atoms with Crippen LogP contribution < -0.4 is 10.7 Å². The molecular weight excluding hydrogens is 391 g/mol. The third kappa shape index (κ3) is 4.65. The summed E-state index contributed by atoms with van der Waals surface area (Å²) in [6.07, 6.45) is 5.21. The maximum Gasteiger partial charge on any atom is 0.250 e. The number of thiophene rings is 1. The molecule has 1 aromatic carbocycles. The number of amides is 2. The van der Waals surface area contributed by atoms with Gasteiger partial charge in [0, 0.05) is 36.8 Å². The first kappa shape index (κ1) is 19.6. The topological polar surface area (TPSA) is 64.7 Å². The molecule has 2 aliphatic heterocycles. The number of hydrogen-bond donors (Lipinski definition) is 2. The van der Waals surface area contributed by atoms with Gasteiger partial charge in [-0.2, -0.15) is 0 Å². The van der Waals surface area contributed by atoms with Gasteiger partial charge in [-0.3, -0.25) is 9.59 Å². The van der Waals surface area contributed by atoms with E-state index in [2.05, 4.69) is 16.8 Å². The summed E-state index contributed by atoms with van der Waals surface area (Å²) in [7, 11) is 0. The Kier molecular flexibility index (Phi) is 5.92. The van der Waals surface area contributed by atoms with E-state index in [0.29, 0.717) is 19.5 Å². The van der Waals surface area contributed by atoms with Crippen molar-refractivity contribution in [3.63, 3.8) is 0 Å². The smallest absolute Gasteiger partial charge is 0.250 e. The van der Waals surface area contributed by atoms with Gasteiger partial charge < -0.3 is 15.2 Å². The lowest BCUT2D eigenvalue weighted by atomic mass is 10.0. The zero-order valence-electron chi connectivity index (χ0n) is 15.9. The van der Waals surface area contributed by atoms with Crippen LogP contribution in [0.25, 0.3) is 0 Å². The number of carbonyl (C=O) groups excluding carboxylic acids is 2. The van der Waals surface area contributed by atoms with Crippen LogP contribution in [0.1, 0.15) is 29.3 Å². The fourth-order valence-corrected chi connectivity index (χ4v) is 4.33. The Bertz CT molecular complexity index is 885. The molecule has 1 fully saturated rings. The first-order valence-corrected chi connectivity index (χ1v) is 10.6. The normalized spacial score (nSPS) is 20.8. The van der Waals surface area contributed by atoms with Crippen LogP contribution in [0.3, 0.4) is 0 Å². The third-order valence-corrected chi connectivity index (χ3v) is 6.14. The molecule has 152 valence electrons. The van der Waals surface area contributed by atoms with Gasteiger partial charge >= 0.3 is 0 Å². The van der Waals surface area contributed by atoms with E-state index in [0.717, 1.165) is 12.0 Å². The Labute approximate surface area is 173 Å². The predicted octanol–water partition coefficient (Wildman–Crippen LogP) is 2.57. The Hall–Kier alpha value is -2.71. The van der Waals surface area contributed by atoms with Crippen molar-refractivity contribution in [3.8, 4) is 0 Å². The van der Waals surface area contributed by atoms with Gasteiger partial charge in [-0.05, 0) is 42.0 Å². The van der Waals surface area contributed by atoms with Crippen LogP contribution in [0.4, 0.5) is 4.39 Å². The molecule has 1 saturated heterocycles. The number of nitrogens with one attached hydrogen (secondary N) is 2. The summed E-state index contributed by atoms with van der Waals surface area (Å²) in [6, 6.07) is 10.00. The fourth-order valence-electron chi connectivity index (χ4n) is 3.62. The van der Waals surface area contributed by atoms with Crippen LogP contribution >= 0.6 is 11.3 Å². The summed E-state index contributed by atoms with van der Waals surface area (Å²) >= 11 is 1.68. The second-order valence-electron chi connectivity index (χ2n) is 7.15. The third-order valence-electron chi connectivity index (χ3n) is 5.20. The van der Waals surface area contributed by atoms with Crippen molar-refractivity contribution in [3.05, 3.63) is 70.4 Å². The molecule has 2 amide bonds. The molecule has 2 atom stereocenters. The van der Waals surface area contributed by atoms with Gasteiger partial charge in [-0.25, -0.2) is 9.82 Å². The number of halogens is 1. The summed E-state index contributed by atoms with van der Waals surface area (Å²) in [5, 5.41) is 6.73. The van der Waals surface area contributed by atoms with Crippen molar-refractivity contribution in [1.82, 2.24) is 20.7 Å². The van der Waals surface area contributed by atoms with Crippen LogP contribution in [0.5, 0.6) is 0 Å². The molecule has 2 aromatic rings. The standard InChI is InChI=1S/C21H23FN4O2S/c22-16-5-3-15(4-6-16)18-14-19-21(28)25(11-12-26(19)24-18)10-8-20(27)23-9-7-17-2-1-13-29-17/h1-6,11-13,18-19,24H,7-10,14H2,(H,23,27). The lowest BCUT2D eigenvalue weighted by Crippen LogP contribution is -2.48. The lowest BCUT2D eigenvalue weighted by Gasteiger charge is -2.31. The molecule has 0 bridgehead atoms. The molecular formula is C21H23FN4O2S. The molecule has 29 heavy (non-hydrogen) atoms. The first-order valence-electron chi connectivity index (χ1n) is 9.68. The summed E-state index contributed by atoms with van der Waals surface area (Å²) in [5.74, 6) is -0.366. The fraction of sp³-hybridized carbons (Fsp3) is 0.333. The average molecular weight is 415 g/mol. The maximum absolute atomic E-state index is 13.1. The summed E-state index contributed by atoms with van der Waals surface area (Å²) in [6.45, 7) is 0.953. The monoisotopic (exact) mass is 414 g/mol. The van der Waals surface area contributed by atoms with Crippen LogP contribution in [-0.2, 0) is 16.0 Å². The van der Waals surface area contributed by atoms with E-state index in [1.807, 2.05) is 17.6 Å². The number of rotatable bonds is 7. The predicted molar refractivity (Wildman–Crippen MR) is 109 cm³/mol. The van der Waals surface area contributed by atoms with Crippen LogP contribution in [0, 0.1) is 5.82 Å². The van der Waals surface area contributed by atoms with Crippen molar-refractivity contribution in [2.24, 2.45) is 0 Å². The van der Waals surface area contributed by atoms with E-state index in [-0.39, 0.29) is 36.1 Å². The number of hydrogen-bond acceptors (Lipinski definition) is 5. The summed E-state index contributed by atoms with van der Waals surface area (Å²) < 4.78 is 13.1. The molecule has 6 nitrogen and oxygen atoms in total. The molecule has 0 radical (unpaired) electrons. The molecule has 2 N–H and O–H groups in total. The number of carbonyl (C=O) groups is 2.